The monoisotopic (exact) mass is 130 g/mol. The van der Waals surface area contributed by atoms with Crippen molar-refractivity contribution in [2.45, 2.75) is 12.2 Å². The molecule has 0 saturated carbocycles. The third-order valence-corrected chi connectivity index (χ3v) is 1.41. The van der Waals surface area contributed by atoms with E-state index in [2.05, 4.69) is 0 Å². The molecule has 0 unspecified atom stereocenters. The van der Waals surface area contributed by atoms with Crippen molar-refractivity contribution in [3.05, 3.63) is 0 Å². The lowest BCUT2D eigenvalue weighted by Gasteiger charge is -1.95. The Morgan fingerprint density at radius 3 is 1.89 bits per heavy atom. The summed E-state index contributed by atoms with van der Waals surface area (Å²) in [5.74, 6) is 0. The predicted octanol–water partition coefficient (Wildman–Crippen LogP) is -0.199. The van der Waals surface area contributed by atoms with E-state index in [9.17, 15) is 0 Å². The molecule has 2 rings (SSSR count). The van der Waals surface area contributed by atoms with Crippen LogP contribution in [0.25, 0.3) is 0 Å². The Morgan fingerprint density at radius 1 is 1.11 bits per heavy atom. The van der Waals surface area contributed by atoms with E-state index in [1.165, 1.54) is 0 Å². The maximum absolute atomic E-state index is 5.23. The molecule has 0 radical (unpaired) electrons. The highest BCUT2D eigenvalue weighted by Gasteiger charge is 2.26. The molecular weight excluding hydrogens is 120 g/mol. The molecule has 2 aliphatic heterocycles. The van der Waals surface area contributed by atoms with Crippen molar-refractivity contribution in [3.63, 3.8) is 0 Å². The summed E-state index contributed by atoms with van der Waals surface area (Å²) in [6, 6.07) is 0. The van der Waals surface area contributed by atoms with Crippen molar-refractivity contribution in [1.29, 1.82) is 0 Å². The minimum absolute atomic E-state index is 0.392. The Bertz CT molecular complexity index is 84.5. The molecule has 2 aliphatic rings. The summed E-state index contributed by atoms with van der Waals surface area (Å²) in [5, 5.41) is 0. The van der Waals surface area contributed by atoms with Crippen molar-refractivity contribution in [1.82, 2.24) is 0 Å². The summed E-state index contributed by atoms with van der Waals surface area (Å²) in [6.45, 7) is 3.26. The SMILES string of the molecule is C(OC[C@H]1CO1)[C@H]1CO1. The van der Waals surface area contributed by atoms with Crippen LogP contribution in [0.1, 0.15) is 0 Å². The van der Waals surface area contributed by atoms with Crippen LogP contribution >= 0.6 is 0 Å². The average Bonchev–Trinajstić information content (AvgIpc) is 2.57. The zero-order valence-electron chi connectivity index (χ0n) is 5.21. The van der Waals surface area contributed by atoms with Gasteiger partial charge in [-0.15, -0.1) is 0 Å². The molecular formula is C6H10O3. The van der Waals surface area contributed by atoms with Gasteiger partial charge in [-0.05, 0) is 0 Å². The van der Waals surface area contributed by atoms with Crippen LogP contribution in [0.15, 0.2) is 0 Å². The first kappa shape index (κ1) is 5.65. The second kappa shape index (κ2) is 2.25. The van der Waals surface area contributed by atoms with Crippen molar-refractivity contribution in [3.8, 4) is 0 Å². The van der Waals surface area contributed by atoms with E-state index in [4.69, 9.17) is 14.2 Å². The Kier molecular flexibility index (Phi) is 1.41. The van der Waals surface area contributed by atoms with Crippen LogP contribution in [-0.2, 0) is 14.2 Å². The molecule has 0 spiro atoms. The van der Waals surface area contributed by atoms with Gasteiger partial charge in [0.2, 0.25) is 0 Å². The minimum Gasteiger partial charge on any atom is -0.376 e. The van der Waals surface area contributed by atoms with Gasteiger partial charge >= 0.3 is 0 Å². The molecule has 0 aromatic heterocycles. The first-order valence-electron chi connectivity index (χ1n) is 3.26. The molecule has 3 heteroatoms. The van der Waals surface area contributed by atoms with Gasteiger partial charge in [-0.25, -0.2) is 0 Å². The quantitative estimate of drug-likeness (QED) is 0.494. The van der Waals surface area contributed by atoms with E-state index in [1.807, 2.05) is 0 Å². The highest BCUT2D eigenvalue weighted by molar-refractivity contribution is 4.71. The molecule has 2 fully saturated rings. The number of ether oxygens (including phenoxy) is 3. The zero-order valence-corrected chi connectivity index (χ0v) is 5.21. The number of epoxide rings is 2. The molecule has 2 saturated heterocycles. The lowest BCUT2D eigenvalue weighted by molar-refractivity contribution is 0.102. The molecule has 0 aromatic carbocycles. The maximum Gasteiger partial charge on any atom is 0.104 e. The van der Waals surface area contributed by atoms with Crippen LogP contribution in [0, 0.1) is 0 Å². The van der Waals surface area contributed by atoms with Gasteiger partial charge in [-0.3, -0.25) is 0 Å². The molecule has 0 aromatic rings. The number of rotatable bonds is 4. The van der Waals surface area contributed by atoms with E-state index >= 15 is 0 Å². The standard InChI is InChI=1S/C6H10O3/c1(5-3-8-5)7-2-6-4-9-6/h5-6H,1-4H2/t5-,6-/m0/s1. The Hall–Kier alpha value is -0.120. The highest BCUT2D eigenvalue weighted by Crippen LogP contribution is 2.12. The third kappa shape index (κ3) is 1.93. The van der Waals surface area contributed by atoms with E-state index < -0.39 is 0 Å². The predicted molar refractivity (Wildman–Crippen MR) is 30.3 cm³/mol. The molecule has 2 atom stereocenters. The van der Waals surface area contributed by atoms with Crippen LogP contribution in [0.5, 0.6) is 0 Å². The maximum atomic E-state index is 5.23. The first-order valence-corrected chi connectivity index (χ1v) is 3.26. The zero-order chi connectivity index (χ0) is 6.10. The highest BCUT2D eigenvalue weighted by atomic mass is 16.6. The van der Waals surface area contributed by atoms with Crippen LogP contribution in [-0.4, -0.2) is 38.6 Å². The Labute approximate surface area is 53.9 Å². The molecule has 52 valence electrons. The fourth-order valence-corrected chi connectivity index (χ4v) is 0.659. The topological polar surface area (TPSA) is 34.3 Å². The van der Waals surface area contributed by atoms with E-state index in [1.54, 1.807) is 0 Å². The Balaban J connectivity index is 1.46. The van der Waals surface area contributed by atoms with Crippen molar-refractivity contribution < 1.29 is 14.2 Å². The smallest absolute Gasteiger partial charge is 0.104 e. The number of hydrogen-bond donors (Lipinski definition) is 0. The molecule has 9 heavy (non-hydrogen) atoms. The van der Waals surface area contributed by atoms with Gasteiger partial charge in [0.05, 0.1) is 26.4 Å². The van der Waals surface area contributed by atoms with Crippen LogP contribution < -0.4 is 0 Å². The fraction of sp³-hybridized carbons (Fsp3) is 1.00. The summed E-state index contributed by atoms with van der Waals surface area (Å²) in [6.07, 6.45) is 0.785. The van der Waals surface area contributed by atoms with Crippen molar-refractivity contribution in [2.24, 2.45) is 0 Å². The normalized spacial score (nSPS) is 38.7. The molecule has 0 bridgehead atoms. The molecule has 3 nitrogen and oxygen atoms in total. The van der Waals surface area contributed by atoms with Gasteiger partial charge in [-0.1, -0.05) is 0 Å². The summed E-state index contributed by atoms with van der Waals surface area (Å²) >= 11 is 0. The second-order valence-electron chi connectivity index (χ2n) is 2.45. The average molecular weight is 130 g/mol. The molecule has 0 N–H and O–H groups in total. The third-order valence-electron chi connectivity index (χ3n) is 1.41. The second-order valence-corrected chi connectivity index (χ2v) is 2.45. The molecule has 0 amide bonds. The van der Waals surface area contributed by atoms with E-state index in [0.29, 0.717) is 12.2 Å². The fourth-order valence-electron chi connectivity index (χ4n) is 0.659. The van der Waals surface area contributed by atoms with E-state index in [0.717, 1.165) is 26.4 Å². The molecule has 2 heterocycles. The van der Waals surface area contributed by atoms with Crippen LogP contribution in [0.3, 0.4) is 0 Å². The summed E-state index contributed by atoms with van der Waals surface area (Å²) < 4.78 is 15.1. The van der Waals surface area contributed by atoms with Crippen molar-refractivity contribution >= 4 is 0 Å². The van der Waals surface area contributed by atoms with Gasteiger partial charge in [0.1, 0.15) is 12.2 Å². The first-order chi connectivity index (χ1) is 4.45. The van der Waals surface area contributed by atoms with Gasteiger partial charge < -0.3 is 14.2 Å². The Morgan fingerprint density at radius 2 is 1.56 bits per heavy atom. The van der Waals surface area contributed by atoms with Gasteiger partial charge in [-0.2, -0.15) is 0 Å². The van der Waals surface area contributed by atoms with Gasteiger partial charge in [0.25, 0.3) is 0 Å². The van der Waals surface area contributed by atoms with Crippen LogP contribution in [0.4, 0.5) is 0 Å². The van der Waals surface area contributed by atoms with Crippen LogP contribution in [0.2, 0.25) is 0 Å². The van der Waals surface area contributed by atoms with E-state index in [-0.39, 0.29) is 0 Å². The van der Waals surface area contributed by atoms with Crippen molar-refractivity contribution in [2.75, 3.05) is 26.4 Å². The minimum atomic E-state index is 0.392. The number of hydrogen-bond acceptors (Lipinski definition) is 3. The summed E-state index contributed by atoms with van der Waals surface area (Å²) in [7, 11) is 0. The van der Waals surface area contributed by atoms with Gasteiger partial charge in [0.15, 0.2) is 0 Å². The summed E-state index contributed by atoms with van der Waals surface area (Å²) in [5.41, 5.74) is 0. The van der Waals surface area contributed by atoms with Gasteiger partial charge in [0, 0.05) is 0 Å². The lowest BCUT2D eigenvalue weighted by atomic mass is 10.5. The lowest BCUT2D eigenvalue weighted by Crippen LogP contribution is -2.06. The molecule has 0 aliphatic carbocycles. The largest absolute Gasteiger partial charge is 0.376 e. The summed E-state index contributed by atoms with van der Waals surface area (Å²) in [4.78, 5) is 0.